The fraction of sp³-hybridized carbons (Fsp3) is 0.818. The highest BCUT2D eigenvalue weighted by atomic mass is 28.3. The van der Waals surface area contributed by atoms with E-state index in [1.807, 2.05) is 0 Å². The Labute approximate surface area is 89.4 Å². The second kappa shape index (κ2) is 5.10. The van der Waals surface area contributed by atoms with Crippen LogP contribution in [0.1, 0.15) is 6.42 Å². The second-order valence-corrected chi connectivity index (χ2v) is 9.96. The van der Waals surface area contributed by atoms with Gasteiger partial charge < -0.3 is 10.2 Å². The zero-order valence-electron chi connectivity index (χ0n) is 9.84. The molecule has 1 saturated heterocycles. The third-order valence-electron chi connectivity index (χ3n) is 3.32. The van der Waals surface area contributed by atoms with E-state index in [9.17, 15) is 0 Å². The highest BCUT2D eigenvalue weighted by molar-refractivity contribution is 6.82. The quantitative estimate of drug-likeness (QED) is 0.714. The maximum Gasteiger partial charge on any atom is 0.0710 e. The average molecular weight is 212 g/mol. The number of nitrogens with zero attached hydrogens (tertiary/aromatic N) is 1. The molecule has 14 heavy (non-hydrogen) atoms. The van der Waals surface area contributed by atoms with E-state index in [2.05, 4.69) is 42.6 Å². The number of nitrogens with one attached hydrogen (secondary N) is 1. The second-order valence-electron chi connectivity index (χ2n) is 5.07. The van der Waals surface area contributed by atoms with Gasteiger partial charge in [0.2, 0.25) is 0 Å². The van der Waals surface area contributed by atoms with E-state index in [-0.39, 0.29) is 0 Å². The normalized spacial score (nSPS) is 24.9. The summed E-state index contributed by atoms with van der Waals surface area (Å²) in [5.74, 6) is 0. The van der Waals surface area contributed by atoms with Gasteiger partial charge in [0.1, 0.15) is 0 Å². The van der Waals surface area contributed by atoms with Gasteiger partial charge in [0.05, 0.1) is 8.07 Å². The Morgan fingerprint density at radius 2 is 2.29 bits per heavy atom. The first-order chi connectivity index (χ1) is 6.55. The van der Waals surface area contributed by atoms with Gasteiger partial charge in [0, 0.05) is 25.7 Å². The first-order valence-corrected chi connectivity index (χ1v) is 8.88. The van der Waals surface area contributed by atoms with E-state index in [1.54, 1.807) is 0 Å². The largest absolute Gasteiger partial charge is 0.314 e. The summed E-state index contributed by atoms with van der Waals surface area (Å²) in [5.41, 5.74) is 2.21. The van der Waals surface area contributed by atoms with Gasteiger partial charge >= 0.3 is 0 Å². The lowest BCUT2D eigenvalue weighted by Crippen LogP contribution is -2.49. The molecule has 0 aromatic rings. The average Bonchev–Trinajstić information content (AvgIpc) is 2.17. The van der Waals surface area contributed by atoms with E-state index >= 15 is 0 Å². The Balaban J connectivity index is 2.32. The van der Waals surface area contributed by atoms with Gasteiger partial charge in [-0.15, -0.1) is 12.3 Å². The van der Waals surface area contributed by atoms with Crippen LogP contribution >= 0.6 is 0 Å². The Bertz CT molecular complexity index is 192. The van der Waals surface area contributed by atoms with E-state index in [0.29, 0.717) is 0 Å². The van der Waals surface area contributed by atoms with Gasteiger partial charge in [-0.2, -0.15) is 0 Å². The molecular formula is C11H24N2Si. The number of hydrogen-bond donors (Lipinski definition) is 1. The monoisotopic (exact) mass is 212 g/mol. The lowest BCUT2D eigenvalue weighted by molar-refractivity contribution is 0.195. The predicted octanol–water partition coefficient (Wildman–Crippen LogP) is 1.71. The van der Waals surface area contributed by atoms with Gasteiger partial charge in [0.25, 0.3) is 0 Å². The number of piperazine rings is 1. The lowest BCUT2D eigenvalue weighted by Gasteiger charge is -2.34. The van der Waals surface area contributed by atoms with E-state index in [1.165, 1.54) is 19.0 Å². The molecular weight excluding hydrogens is 188 g/mol. The number of hydrogen-bond acceptors (Lipinski definition) is 2. The Morgan fingerprint density at radius 1 is 1.57 bits per heavy atom. The topological polar surface area (TPSA) is 15.3 Å². The predicted molar refractivity (Wildman–Crippen MR) is 66.4 cm³/mol. The minimum Gasteiger partial charge on any atom is -0.314 e. The van der Waals surface area contributed by atoms with Crippen molar-refractivity contribution in [2.75, 3.05) is 26.7 Å². The maximum atomic E-state index is 3.95. The van der Waals surface area contributed by atoms with Crippen molar-refractivity contribution in [2.24, 2.45) is 0 Å². The molecule has 0 saturated carbocycles. The molecule has 0 aromatic heterocycles. The molecule has 3 heteroatoms. The molecule has 0 bridgehead atoms. The van der Waals surface area contributed by atoms with Crippen molar-refractivity contribution < 1.29 is 0 Å². The van der Waals surface area contributed by atoms with Crippen molar-refractivity contribution in [1.82, 2.24) is 10.2 Å². The third-order valence-corrected chi connectivity index (χ3v) is 6.00. The molecule has 1 N–H and O–H groups in total. The summed E-state index contributed by atoms with van der Waals surface area (Å²) in [6.45, 7) is 12.3. The van der Waals surface area contributed by atoms with Crippen LogP contribution < -0.4 is 5.32 Å². The number of likely N-dealkylation sites (N-methyl/N-ethyl adjacent to an activating group) is 1. The van der Waals surface area contributed by atoms with Crippen molar-refractivity contribution >= 4 is 8.07 Å². The van der Waals surface area contributed by atoms with Crippen LogP contribution in [0.4, 0.5) is 0 Å². The molecule has 2 nitrogen and oxygen atoms in total. The molecule has 1 atom stereocenters. The van der Waals surface area contributed by atoms with Crippen LogP contribution in [-0.2, 0) is 0 Å². The van der Waals surface area contributed by atoms with Crippen molar-refractivity contribution in [3.63, 3.8) is 0 Å². The molecule has 1 unspecified atom stereocenters. The van der Waals surface area contributed by atoms with E-state index < -0.39 is 8.07 Å². The lowest BCUT2D eigenvalue weighted by atomic mass is 10.1. The fourth-order valence-corrected chi connectivity index (χ4v) is 3.11. The molecule has 1 aliphatic heterocycles. The van der Waals surface area contributed by atoms with Crippen molar-refractivity contribution in [3.05, 3.63) is 12.3 Å². The van der Waals surface area contributed by atoms with Gasteiger partial charge in [-0.1, -0.05) is 19.1 Å². The molecule has 0 radical (unpaired) electrons. The molecule has 0 spiro atoms. The molecule has 0 amide bonds. The van der Waals surface area contributed by atoms with Crippen molar-refractivity contribution in [1.29, 1.82) is 0 Å². The summed E-state index contributed by atoms with van der Waals surface area (Å²) in [4.78, 5) is 2.49. The van der Waals surface area contributed by atoms with Crippen LogP contribution in [0.3, 0.4) is 0 Å². The van der Waals surface area contributed by atoms with Crippen LogP contribution in [0.2, 0.25) is 19.1 Å². The standard InChI is InChI=1S/C11H24N2Si/c1-5-14(3,4)9-6-11-10-12-7-8-13(11)2/h5,11-12H,1,6-10H2,2-4H3. The zero-order chi connectivity index (χ0) is 10.6. The summed E-state index contributed by atoms with van der Waals surface area (Å²) in [6, 6.07) is 2.11. The Hall–Kier alpha value is -0.123. The number of rotatable bonds is 4. The van der Waals surface area contributed by atoms with Crippen LogP contribution in [0.15, 0.2) is 12.3 Å². The summed E-state index contributed by atoms with van der Waals surface area (Å²) in [6.07, 6.45) is 1.33. The molecule has 0 aliphatic carbocycles. The highest BCUT2D eigenvalue weighted by Gasteiger charge is 2.22. The van der Waals surface area contributed by atoms with Gasteiger partial charge in [0.15, 0.2) is 0 Å². The van der Waals surface area contributed by atoms with Crippen LogP contribution in [-0.4, -0.2) is 45.7 Å². The van der Waals surface area contributed by atoms with E-state index in [0.717, 1.165) is 19.1 Å². The summed E-state index contributed by atoms with van der Waals surface area (Å²) >= 11 is 0. The molecule has 82 valence electrons. The van der Waals surface area contributed by atoms with E-state index in [4.69, 9.17) is 0 Å². The molecule has 1 aliphatic rings. The zero-order valence-corrected chi connectivity index (χ0v) is 10.8. The first-order valence-electron chi connectivity index (χ1n) is 5.60. The Morgan fingerprint density at radius 3 is 2.86 bits per heavy atom. The maximum absolute atomic E-state index is 3.95. The van der Waals surface area contributed by atoms with Crippen LogP contribution in [0.25, 0.3) is 0 Å². The molecule has 1 fully saturated rings. The SMILES string of the molecule is C=C[Si](C)(C)CCC1CNCCN1C. The minimum absolute atomic E-state index is 0.746. The van der Waals surface area contributed by atoms with Gasteiger partial charge in [-0.05, 0) is 13.5 Å². The van der Waals surface area contributed by atoms with Crippen LogP contribution in [0, 0.1) is 0 Å². The summed E-state index contributed by atoms with van der Waals surface area (Å²) < 4.78 is 0. The van der Waals surface area contributed by atoms with Crippen molar-refractivity contribution in [2.45, 2.75) is 31.6 Å². The molecule has 0 aromatic carbocycles. The smallest absolute Gasteiger partial charge is 0.0710 e. The van der Waals surface area contributed by atoms with Gasteiger partial charge in [-0.3, -0.25) is 0 Å². The minimum atomic E-state index is -1.08. The van der Waals surface area contributed by atoms with Crippen molar-refractivity contribution in [3.8, 4) is 0 Å². The summed E-state index contributed by atoms with van der Waals surface area (Å²) in [7, 11) is 1.16. The highest BCUT2D eigenvalue weighted by Crippen LogP contribution is 2.17. The summed E-state index contributed by atoms with van der Waals surface area (Å²) in [5, 5.41) is 3.47. The van der Waals surface area contributed by atoms with Gasteiger partial charge in [-0.25, -0.2) is 0 Å². The molecule has 1 heterocycles. The molecule has 1 rings (SSSR count). The first kappa shape index (κ1) is 11.9. The third kappa shape index (κ3) is 3.56. The Kier molecular flexibility index (Phi) is 4.35. The fourth-order valence-electron chi connectivity index (χ4n) is 1.83. The van der Waals surface area contributed by atoms with Crippen LogP contribution in [0.5, 0.6) is 0 Å².